The molecule has 4 amide bonds. The maximum Gasteiger partial charge on any atom is 0.343 e. The molecule has 0 radical (unpaired) electrons. The minimum Gasteiger partial charge on any atom is -0.493 e. The number of imide groups is 2. The van der Waals surface area contributed by atoms with Crippen molar-refractivity contribution in [1.82, 2.24) is 0 Å². The summed E-state index contributed by atoms with van der Waals surface area (Å²) < 4.78 is 5.63. The average Bonchev–Trinajstić information content (AvgIpc) is 2.79. The van der Waals surface area contributed by atoms with Crippen molar-refractivity contribution in [2.24, 2.45) is 0 Å². The van der Waals surface area contributed by atoms with Crippen molar-refractivity contribution in [1.29, 1.82) is 0 Å². The van der Waals surface area contributed by atoms with Crippen LogP contribution in [0.3, 0.4) is 0 Å². The number of amides is 4. The zero-order valence-corrected chi connectivity index (χ0v) is 16.9. The summed E-state index contributed by atoms with van der Waals surface area (Å²) in [5.41, 5.74) is 1.22. The first-order valence-electron chi connectivity index (χ1n) is 9.88. The second-order valence-electron chi connectivity index (χ2n) is 6.76. The van der Waals surface area contributed by atoms with Gasteiger partial charge in [-0.25, -0.2) is 14.6 Å². The largest absolute Gasteiger partial charge is 0.493 e. The smallest absolute Gasteiger partial charge is 0.343 e. The molecular formula is C25H20N2O4. The van der Waals surface area contributed by atoms with Crippen LogP contribution in [0.5, 0.6) is 5.75 Å². The van der Waals surface area contributed by atoms with Crippen molar-refractivity contribution < 1.29 is 19.1 Å². The van der Waals surface area contributed by atoms with Crippen LogP contribution in [0.2, 0.25) is 0 Å². The van der Waals surface area contributed by atoms with Gasteiger partial charge in [0.1, 0.15) is 11.3 Å². The molecule has 1 fully saturated rings. The van der Waals surface area contributed by atoms with Crippen molar-refractivity contribution >= 4 is 35.3 Å². The zero-order chi connectivity index (χ0) is 21.8. The SMILES string of the molecule is CCOc1ccccc1C=C1C(=O)N(c2ccccc2)C(=O)N(c2ccccc2)C1=O. The van der Waals surface area contributed by atoms with E-state index in [1.165, 1.54) is 6.08 Å². The molecule has 154 valence electrons. The van der Waals surface area contributed by atoms with Crippen LogP contribution in [0.1, 0.15) is 12.5 Å². The molecule has 0 N–H and O–H groups in total. The quantitative estimate of drug-likeness (QED) is 0.451. The molecule has 1 heterocycles. The fourth-order valence-corrected chi connectivity index (χ4v) is 3.38. The summed E-state index contributed by atoms with van der Waals surface area (Å²) in [6.45, 7) is 2.29. The van der Waals surface area contributed by atoms with Crippen molar-refractivity contribution in [2.45, 2.75) is 6.92 Å². The monoisotopic (exact) mass is 412 g/mol. The summed E-state index contributed by atoms with van der Waals surface area (Å²) in [5, 5.41) is 0. The minimum absolute atomic E-state index is 0.126. The Bertz CT molecular complexity index is 1090. The van der Waals surface area contributed by atoms with Gasteiger partial charge in [0.15, 0.2) is 0 Å². The van der Waals surface area contributed by atoms with Crippen LogP contribution in [0.25, 0.3) is 6.08 Å². The summed E-state index contributed by atoms with van der Waals surface area (Å²) in [4.78, 5) is 42.0. The van der Waals surface area contributed by atoms with E-state index in [-0.39, 0.29) is 5.57 Å². The number of para-hydroxylation sites is 3. The Labute approximate surface area is 180 Å². The molecule has 0 aliphatic carbocycles. The van der Waals surface area contributed by atoms with E-state index in [9.17, 15) is 14.4 Å². The van der Waals surface area contributed by atoms with E-state index in [1.54, 1.807) is 78.9 Å². The minimum atomic E-state index is -0.720. The standard InChI is InChI=1S/C25H20N2O4/c1-2-31-22-16-10-9-11-18(22)17-21-23(28)26(19-12-5-3-6-13-19)25(30)27(24(21)29)20-14-7-4-8-15-20/h3-17H,2H2,1H3. The molecule has 31 heavy (non-hydrogen) atoms. The van der Waals surface area contributed by atoms with Gasteiger partial charge in [-0.05, 0) is 43.3 Å². The summed E-state index contributed by atoms with van der Waals surface area (Å²) in [5.74, 6) is -0.813. The highest BCUT2D eigenvalue weighted by Gasteiger charge is 2.43. The average molecular weight is 412 g/mol. The Balaban J connectivity index is 1.87. The van der Waals surface area contributed by atoms with Gasteiger partial charge >= 0.3 is 6.03 Å². The molecule has 1 aliphatic heterocycles. The first-order valence-corrected chi connectivity index (χ1v) is 9.88. The Kier molecular flexibility index (Phi) is 5.62. The molecule has 4 rings (SSSR count). The Morgan fingerprint density at radius 1 is 0.710 bits per heavy atom. The molecule has 0 bridgehead atoms. The second-order valence-corrected chi connectivity index (χ2v) is 6.76. The molecule has 0 atom stereocenters. The number of carbonyl (C=O) groups is 3. The van der Waals surface area contributed by atoms with Gasteiger partial charge in [-0.2, -0.15) is 0 Å². The number of ether oxygens (including phenoxy) is 1. The summed E-state index contributed by atoms with van der Waals surface area (Å²) in [7, 11) is 0. The van der Waals surface area contributed by atoms with Crippen molar-refractivity contribution in [3.63, 3.8) is 0 Å². The number of nitrogens with zero attached hydrogens (tertiary/aromatic N) is 2. The molecule has 6 heteroatoms. The van der Waals surface area contributed by atoms with Gasteiger partial charge < -0.3 is 4.74 Å². The van der Waals surface area contributed by atoms with Crippen LogP contribution in [-0.4, -0.2) is 24.5 Å². The molecule has 0 aromatic heterocycles. The van der Waals surface area contributed by atoms with Crippen LogP contribution >= 0.6 is 0 Å². The molecule has 3 aromatic rings. The molecular weight excluding hydrogens is 392 g/mol. The van der Waals surface area contributed by atoms with E-state index >= 15 is 0 Å². The van der Waals surface area contributed by atoms with Crippen LogP contribution < -0.4 is 14.5 Å². The van der Waals surface area contributed by atoms with E-state index in [0.717, 1.165) is 9.80 Å². The van der Waals surface area contributed by atoms with E-state index < -0.39 is 17.8 Å². The maximum absolute atomic E-state index is 13.3. The number of rotatable bonds is 5. The lowest BCUT2D eigenvalue weighted by Crippen LogP contribution is -2.57. The predicted octanol–water partition coefficient (Wildman–Crippen LogP) is 4.67. The highest BCUT2D eigenvalue weighted by Crippen LogP contribution is 2.30. The number of anilines is 2. The van der Waals surface area contributed by atoms with Crippen molar-refractivity contribution in [2.75, 3.05) is 16.4 Å². The number of hydrogen-bond acceptors (Lipinski definition) is 4. The van der Waals surface area contributed by atoms with Crippen molar-refractivity contribution in [3.8, 4) is 5.75 Å². The number of carbonyl (C=O) groups excluding carboxylic acids is 3. The molecule has 1 aliphatic rings. The second kappa shape index (κ2) is 8.67. The van der Waals surface area contributed by atoms with Crippen LogP contribution in [0, 0.1) is 0 Å². The van der Waals surface area contributed by atoms with Crippen LogP contribution in [0.4, 0.5) is 16.2 Å². The first-order chi connectivity index (χ1) is 15.1. The normalized spacial score (nSPS) is 14.1. The number of urea groups is 1. The summed E-state index contributed by atoms with van der Waals surface area (Å²) >= 11 is 0. The fraction of sp³-hybridized carbons (Fsp3) is 0.0800. The molecule has 1 saturated heterocycles. The Hall–Kier alpha value is -4.19. The number of hydrogen-bond donors (Lipinski definition) is 0. The van der Waals surface area contributed by atoms with Gasteiger partial charge in [-0.15, -0.1) is 0 Å². The Morgan fingerprint density at radius 2 is 1.19 bits per heavy atom. The molecule has 6 nitrogen and oxygen atoms in total. The molecule has 0 spiro atoms. The van der Waals surface area contributed by atoms with Crippen molar-refractivity contribution in [3.05, 3.63) is 96.1 Å². The lowest BCUT2D eigenvalue weighted by Gasteiger charge is -2.34. The van der Waals surface area contributed by atoms with E-state index in [1.807, 2.05) is 13.0 Å². The third-order valence-electron chi connectivity index (χ3n) is 4.80. The van der Waals surface area contributed by atoms with E-state index in [2.05, 4.69) is 0 Å². The number of barbiturate groups is 1. The van der Waals surface area contributed by atoms with Gasteiger partial charge in [0.2, 0.25) is 0 Å². The molecule has 3 aromatic carbocycles. The third kappa shape index (κ3) is 3.83. The van der Waals surface area contributed by atoms with Crippen LogP contribution in [0.15, 0.2) is 90.5 Å². The van der Waals surface area contributed by atoms with Crippen LogP contribution in [-0.2, 0) is 9.59 Å². The van der Waals surface area contributed by atoms with Gasteiger partial charge in [0, 0.05) is 5.56 Å². The van der Waals surface area contributed by atoms with Gasteiger partial charge in [0.05, 0.1) is 18.0 Å². The third-order valence-corrected chi connectivity index (χ3v) is 4.80. The fourth-order valence-electron chi connectivity index (χ4n) is 3.38. The topological polar surface area (TPSA) is 66.9 Å². The number of benzene rings is 3. The molecule has 0 saturated carbocycles. The lowest BCUT2D eigenvalue weighted by atomic mass is 10.0. The predicted molar refractivity (Wildman–Crippen MR) is 119 cm³/mol. The van der Waals surface area contributed by atoms with Gasteiger partial charge in [0.25, 0.3) is 11.8 Å². The Morgan fingerprint density at radius 3 is 1.71 bits per heavy atom. The zero-order valence-electron chi connectivity index (χ0n) is 16.9. The highest BCUT2D eigenvalue weighted by molar-refractivity contribution is 6.46. The lowest BCUT2D eigenvalue weighted by molar-refractivity contribution is -0.121. The highest BCUT2D eigenvalue weighted by atomic mass is 16.5. The maximum atomic E-state index is 13.3. The molecule has 0 unspecified atom stereocenters. The summed E-state index contributed by atoms with van der Waals surface area (Å²) in [6, 6.07) is 23.5. The first kappa shape index (κ1) is 20.1. The van der Waals surface area contributed by atoms with E-state index in [0.29, 0.717) is 29.3 Å². The summed E-state index contributed by atoms with van der Waals surface area (Å²) in [6.07, 6.45) is 1.48. The van der Waals surface area contributed by atoms with Gasteiger partial charge in [-0.1, -0.05) is 54.6 Å². The van der Waals surface area contributed by atoms with E-state index in [4.69, 9.17) is 4.74 Å². The van der Waals surface area contributed by atoms with Gasteiger partial charge in [-0.3, -0.25) is 9.59 Å².